The van der Waals surface area contributed by atoms with Crippen LogP contribution in [0, 0.1) is 5.92 Å². The number of anilines is 1. The minimum atomic E-state index is -0.245. The van der Waals surface area contributed by atoms with Crippen molar-refractivity contribution in [3.05, 3.63) is 23.7 Å². The number of fused-ring (bicyclic) bond motifs is 1. The first kappa shape index (κ1) is 15.9. The van der Waals surface area contributed by atoms with Crippen LogP contribution in [0.4, 0.5) is 5.82 Å². The average molecular weight is 316 g/mol. The van der Waals surface area contributed by atoms with Gasteiger partial charge in [0.05, 0.1) is 25.0 Å². The van der Waals surface area contributed by atoms with Gasteiger partial charge in [-0.3, -0.25) is 14.8 Å². The lowest BCUT2D eigenvalue weighted by Crippen LogP contribution is -2.39. The summed E-state index contributed by atoms with van der Waals surface area (Å²) >= 11 is 0. The number of ether oxygens (including phenoxy) is 1. The van der Waals surface area contributed by atoms with E-state index in [1.165, 1.54) is 12.0 Å². The van der Waals surface area contributed by atoms with Crippen molar-refractivity contribution < 1.29 is 9.53 Å². The lowest BCUT2D eigenvalue weighted by atomic mass is 9.90. The van der Waals surface area contributed by atoms with E-state index in [9.17, 15) is 4.79 Å². The fourth-order valence-corrected chi connectivity index (χ4v) is 3.06. The number of carbonyl (C=O) groups is 1. The molecule has 6 nitrogen and oxygen atoms in total. The fraction of sp³-hybridized carbons (Fsp3) is 0.588. The molecule has 1 aliphatic heterocycles. The van der Waals surface area contributed by atoms with E-state index in [1.807, 2.05) is 30.2 Å². The van der Waals surface area contributed by atoms with Gasteiger partial charge in [0, 0.05) is 7.05 Å². The van der Waals surface area contributed by atoms with Crippen LogP contribution in [-0.2, 0) is 16.1 Å². The Kier molecular flexibility index (Phi) is 4.61. The van der Waals surface area contributed by atoms with Gasteiger partial charge in [0.1, 0.15) is 12.2 Å². The Balaban J connectivity index is 1.84. The molecule has 0 spiro atoms. The summed E-state index contributed by atoms with van der Waals surface area (Å²) < 4.78 is 5.06. The molecule has 0 amide bonds. The van der Waals surface area contributed by atoms with Crippen LogP contribution in [-0.4, -0.2) is 41.1 Å². The Labute approximate surface area is 137 Å². The molecule has 1 aromatic rings. The summed E-state index contributed by atoms with van der Waals surface area (Å²) in [5.74, 6) is 1.27. The fourth-order valence-electron chi connectivity index (χ4n) is 3.06. The number of aromatic nitrogens is 2. The predicted molar refractivity (Wildman–Crippen MR) is 88.5 cm³/mol. The quantitative estimate of drug-likeness (QED) is 0.795. The Morgan fingerprint density at radius 3 is 3.00 bits per heavy atom. The highest BCUT2D eigenvalue weighted by atomic mass is 16.5. The Hall–Kier alpha value is -1.95. The highest BCUT2D eigenvalue weighted by Gasteiger charge is 2.30. The van der Waals surface area contributed by atoms with Crippen molar-refractivity contribution in [3.63, 3.8) is 0 Å². The van der Waals surface area contributed by atoms with Crippen molar-refractivity contribution in [2.45, 2.75) is 39.7 Å². The van der Waals surface area contributed by atoms with Gasteiger partial charge in [-0.25, -0.2) is 9.99 Å². The zero-order valence-corrected chi connectivity index (χ0v) is 14.1. The summed E-state index contributed by atoms with van der Waals surface area (Å²) in [5, 5.41) is 3.82. The summed E-state index contributed by atoms with van der Waals surface area (Å²) in [6.45, 7) is 5.31. The molecule has 2 aliphatic rings. The lowest BCUT2D eigenvalue weighted by Gasteiger charge is -2.25. The van der Waals surface area contributed by atoms with Crippen molar-refractivity contribution in [1.29, 1.82) is 0 Å². The van der Waals surface area contributed by atoms with Crippen molar-refractivity contribution in [1.82, 2.24) is 15.0 Å². The molecule has 0 bridgehead atoms. The molecule has 2 heterocycles. The molecule has 0 saturated carbocycles. The normalized spacial score (nSPS) is 21.1. The summed E-state index contributed by atoms with van der Waals surface area (Å²) in [6, 6.07) is 0. The number of rotatable bonds is 4. The molecule has 6 heteroatoms. The number of carbonyl (C=O) groups excluding carboxylic acids is 1. The molecule has 124 valence electrons. The van der Waals surface area contributed by atoms with Gasteiger partial charge < -0.3 is 4.74 Å². The SMILES string of the molecule is CCOC(=O)CN1c2nc(C3=CCC(C)CC3)cnc2CN1C. The predicted octanol–water partition coefficient (Wildman–Crippen LogP) is 2.41. The van der Waals surface area contributed by atoms with Crippen LogP contribution in [0.5, 0.6) is 0 Å². The van der Waals surface area contributed by atoms with E-state index in [4.69, 9.17) is 9.72 Å². The van der Waals surface area contributed by atoms with Gasteiger partial charge in [0.25, 0.3) is 0 Å². The molecular formula is C17H24N4O2. The van der Waals surface area contributed by atoms with Crippen molar-refractivity contribution in [3.8, 4) is 0 Å². The van der Waals surface area contributed by atoms with E-state index in [2.05, 4.69) is 18.0 Å². The van der Waals surface area contributed by atoms with Gasteiger partial charge in [-0.05, 0) is 37.7 Å². The summed E-state index contributed by atoms with van der Waals surface area (Å²) in [6.07, 6.45) is 7.47. The van der Waals surface area contributed by atoms with Crippen LogP contribution < -0.4 is 5.01 Å². The van der Waals surface area contributed by atoms with Gasteiger partial charge in [-0.1, -0.05) is 13.0 Å². The smallest absolute Gasteiger partial charge is 0.327 e. The van der Waals surface area contributed by atoms with E-state index < -0.39 is 0 Å². The standard InChI is InChI=1S/C17H24N4O2/c1-4-23-16(22)11-21-17-15(10-20(21)3)18-9-14(19-17)13-7-5-12(2)6-8-13/h7,9,12H,4-6,8,10-11H2,1-3H3. The third kappa shape index (κ3) is 3.37. The summed E-state index contributed by atoms with van der Waals surface area (Å²) in [4.78, 5) is 21.2. The Morgan fingerprint density at radius 1 is 1.48 bits per heavy atom. The van der Waals surface area contributed by atoms with E-state index in [0.717, 1.165) is 36.0 Å². The molecule has 0 aromatic carbocycles. The minimum absolute atomic E-state index is 0.172. The van der Waals surface area contributed by atoms with E-state index in [0.29, 0.717) is 13.2 Å². The van der Waals surface area contributed by atoms with E-state index >= 15 is 0 Å². The zero-order chi connectivity index (χ0) is 16.4. The molecule has 0 saturated heterocycles. The van der Waals surface area contributed by atoms with Gasteiger partial charge in [0.2, 0.25) is 0 Å². The lowest BCUT2D eigenvalue weighted by molar-refractivity contribution is -0.141. The second-order valence-corrected chi connectivity index (χ2v) is 6.31. The molecule has 0 N–H and O–H groups in total. The molecule has 0 fully saturated rings. The van der Waals surface area contributed by atoms with E-state index in [-0.39, 0.29) is 12.5 Å². The third-order valence-electron chi connectivity index (χ3n) is 4.45. The Morgan fingerprint density at radius 2 is 2.30 bits per heavy atom. The maximum absolute atomic E-state index is 11.8. The molecular weight excluding hydrogens is 292 g/mol. The highest BCUT2D eigenvalue weighted by molar-refractivity contribution is 5.76. The first-order valence-electron chi connectivity index (χ1n) is 8.28. The van der Waals surface area contributed by atoms with E-state index in [1.54, 1.807) is 0 Å². The first-order valence-corrected chi connectivity index (χ1v) is 8.28. The van der Waals surface area contributed by atoms with Crippen LogP contribution in [0.15, 0.2) is 12.3 Å². The third-order valence-corrected chi connectivity index (χ3v) is 4.45. The minimum Gasteiger partial charge on any atom is -0.465 e. The molecule has 1 aromatic heterocycles. The van der Waals surface area contributed by atoms with Crippen LogP contribution in [0.1, 0.15) is 44.5 Å². The van der Waals surface area contributed by atoms with Gasteiger partial charge >= 0.3 is 5.97 Å². The highest BCUT2D eigenvalue weighted by Crippen LogP contribution is 2.32. The molecule has 1 aliphatic carbocycles. The van der Waals surface area contributed by atoms with Gasteiger partial charge in [-0.15, -0.1) is 0 Å². The molecule has 1 atom stereocenters. The molecule has 1 unspecified atom stereocenters. The van der Waals surface area contributed by atoms with Crippen LogP contribution in [0.25, 0.3) is 5.57 Å². The molecule has 23 heavy (non-hydrogen) atoms. The van der Waals surface area contributed by atoms with Crippen LogP contribution in [0.3, 0.4) is 0 Å². The maximum Gasteiger partial charge on any atom is 0.327 e. The molecule has 0 radical (unpaired) electrons. The van der Waals surface area contributed by atoms with Crippen molar-refractivity contribution in [2.75, 3.05) is 25.2 Å². The van der Waals surface area contributed by atoms with Crippen molar-refractivity contribution >= 4 is 17.4 Å². The molecule has 3 rings (SSSR count). The van der Waals surface area contributed by atoms with Gasteiger partial charge in [0.15, 0.2) is 5.82 Å². The topological polar surface area (TPSA) is 58.6 Å². The number of hydrogen-bond acceptors (Lipinski definition) is 6. The maximum atomic E-state index is 11.8. The van der Waals surface area contributed by atoms with Crippen LogP contribution >= 0.6 is 0 Å². The van der Waals surface area contributed by atoms with Gasteiger partial charge in [-0.2, -0.15) is 0 Å². The zero-order valence-electron chi connectivity index (χ0n) is 14.1. The number of hydrogen-bond donors (Lipinski definition) is 0. The Bertz CT molecular complexity index is 629. The van der Waals surface area contributed by atoms with Crippen molar-refractivity contribution in [2.24, 2.45) is 5.92 Å². The monoisotopic (exact) mass is 316 g/mol. The largest absolute Gasteiger partial charge is 0.465 e. The summed E-state index contributed by atoms with van der Waals surface area (Å²) in [5.41, 5.74) is 3.11. The van der Waals surface area contributed by atoms with Crippen LogP contribution in [0.2, 0.25) is 0 Å². The average Bonchev–Trinajstić information content (AvgIpc) is 2.84. The second kappa shape index (κ2) is 6.66. The summed E-state index contributed by atoms with van der Waals surface area (Å²) in [7, 11) is 1.93. The number of esters is 1. The first-order chi connectivity index (χ1) is 11.1. The number of hydrazine groups is 1. The number of allylic oxidation sites excluding steroid dienone is 2. The second-order valence-electron chi connectivity index (χ2n) is 6.31. The number of nitrogens with zero attached hydrogens (tertiary/aromatic N) is 4.